The van der Waals surface area contributed by atoms with Gasteiger partial charge >= 0.3 is 0 Å². The molecule has 1 saturated heterocycles. The number of hydrogen-bond donors (Lipinski definition) is 1. The lowest BCUT2D eigenvalue weighted by Crippen LogP contribution is -2.27. The number of hydrogen-bond acceptors (Lipinski definition) is 8. The topological polar surface area (TPSA) is 143 Å². The number of aryl methyl sites for hydroxylation is 1. The van der Waals surface area contributed by atoms with E-state index < -0.39 is 16.4 Å². The first kappa shape index (κ1) is 20.2. The van der Waals surface area contributed by atoms with Crippen LogP contribution < -0.4 is 5.56 Å². The molecular formula is C19H19N5O5. The number of nitrogens with zero attached hydrogens (tertiary/aromatic N) is 5. The lowest BCUT2D eigenvalue weighted by atomic mass is 10.1. The predicted octanol–water partition coefficient (Wildman–Crippen LogP) is 3.55. The minimum absolute atomic E-state index is 0.0774. The third kappa shape index (κ3) is 4.00. The molecule has 0 saturated carbocycles. The van der Waals surface area contributed by atoms with Gasteiger partial charge in [0, 0.05) is 23.8 Å². The molecule has 1 atom stereocenters. The van der Waals surface area contributed by atoms with E-state index >= 15 is 0 Å². The van der Waals surface area contributed by atoms with E-state index in [1.54, 1.807) is 6.92 Å². The molecule has 0 aliphatic carbocycles. The first-order chi connectivity index (χ1) is 13.8. The Bertz CT molecular complexity index is 1090. The standard InChI is InChI=1S/C19H19N5O5/c1-11-5-6-13(8-16(11)24(27)28)21-22-17-12(2)15(9-20)18(25)23(19(17)26)10-14-4-3-7-29-14/h5-6,8,14,25H,3-4,7,10H2,1-2H3. The number of nitro benzene ring substituents is 1. The minimum atomic E-state index is -0.611. The number of nitriles is 1. The van der Waals surface area contributed by atoms with Crippen LogP contribution in [-0.4, -0.2) is 27.3 Å². The Balaban J connectivity index is 2.06. The Morgan fingerprint density at radius 2 is 2.17 bits per heavy atom. The summed E-state index contributed by atoms with van der Waals surface area (Å²) in [4.78, 5) is 23.5. The summed E-state index contributed by atoms with van der Waals surface area (Å²) in [6.07, 6.45) is 1.36. The number of pyridine rings is 1. The Hall–Kier alpha value is -3.58. The number of nitro groups is 1. The van der Waals surface area contributed by atoms with Gasteiger partial charge in [0.1, 0.15) is 11.6 Å². The molecule has 10 heteroatoms. The lowest BCUT2D eigenvalue weighted by molar-refractivity contribution is -0.385. The van der Waals surface area contributed by atoms with Gasteiger partial charge in [0.05, 0.1) is 23.3 Å². The molecule has 2 aromatic rings. The maximum Gasteiger partial charge on any atom is 0.281 e. The van der Waals surface area contributed by atoms with Crippen molar-refractivity contribution in [3.05, 3.63) is 55.4 Å². The van der Waals surface area contributed by atoms with Crippen LogP contribution in [0.1, 0.15) is 29.5 Å². The molecule has 29 heavy (non-hydrogen) atoms. The first-order valence-electron chi connectivity index (χ1n) is 8.98. The van der Waals surface area contributed by atoms with E-state index in [0.717, 1.165) is 17.4 Å². The summed E-state index contributed by atoms with van der Waals surface area (Å²) >= 11 is 0. The van der Waals surface area contributed by atoms with Crippen molar-refractivity contribution in [2.75, 3.05) is 6.61 Å². The molecule has 0 bridgehead atoms. The Kier molecular flexibility index (Phi) is 5.70. The fraction of sp³-hybridized carbons (Fsp3) is 0.368. The highest BCUT2D eigenvalue weighted by atomic mass is 16.6. The maximum absolute atomic E-state index is 12.9. The SMILES string of the molecule is Cc1ccc(N=Nc2c(C)c(C#N)c(O)n(CC3CCCO3)c2=O)cc1[N+](=O)[O-]. The molecule has 10 nitrogen and oxygen atoms in total. The zero-order chi connectivity index (χ0) is 21.1. The van der Waals surface area contributed by atoms with Gasteiger partial charge in [0.15, 0.2) is 5.69 Å². The predicted molar refractivity (Wildman–Crippen MR) is 103 cm³/mol. The molecule has 1 aliphatic heterocycles. The summed E-state index contributed by atoms with van der Waals surface area (Å²) in [6.45, 7) is 3.77. The molecule has 1 N–H and O–H groups in total. The largest absolute Gasteiger partial charge is 0.493 e. The molecule has 150 valence electrons. The van der Waals surface area contributed by atoms with Gasteiger partial charge in [-0.05, 0) is 32.8 Å². The van der Waals surface area contributed by atoms with Gasteiger partial charge in [-0.25, -0.2) is 0 Å². The van der Waals surface area contributed by atoms with Crippen molar-refractivity contribution in [1.82, 2.24) is 4.57 Å². The summed E-state index contributed by atoms with van der Waals surface area (Å²) in [5, 5.41) is 38.8. The molecule has 1 aromatic heterocycles. The van der Waals surface area contributed by atoms with E-state index in [1.165, 1.54) is 25.1 Å². The van der Waals surface area contributed by atoms with Crippen LogP contribution >= 0.6 is 0 Å². The van der Waals surface area contributed by atoms with Crippen molar-refractivity contribution < 1.29 is 14.8 Å². The van der Waals surface area contributed by atoms with Gasteiger partial charge in [-0.1, -0.05) is 6.07 Å². The van der Waals surface area contributed by atoms with Crippen LogP contribution in [0.15, 0.2) is 33.2 Å². The van der Waals surface area contributed by atoms with Gasteiger partial charge in [-0.3, -0.25) is 19.5 Å². The average Bonchev–Trinajstić information content (AvgIpc) is 3.19. The summed E-state index contributed by atoms with van der Waals surface area (Å²) in [6, 6.07) is 6.21. The van der Waals surface area contributed by atoms with Crippen molar-refractivity contribution in [3.63, 3.8) is 0 Å². The van der Waals surface area contributed by atoms with Crippen LogP contribution in [0.4, 0.5) is 17.1 Å². The quantitative estimate of drug-likeness (QED) is 0.464. The Morgan fingerprint density at radius 1 is 1.41 bits per heavy atom. The highest BCUT2D eigenvalue weighted by molar-refractivity contribution is 5.57. The van der Waals surface area contributed by atoms with E-state index in [1.807, 2.05) is 6.07 Å². The van der Waals surface area contributed by atoms with E-state index in [2.05, 4.69) is 10.2 Å². The van der Waals surface area contributed by atoms with Gasteiger partial charge in [0.2, 0.25) is 5.88 Å². The molecule has 1 fully saturated rings. The van der Waals surface area contributed by atoms with Crippen molar-refractivity contribution in [3.8, 4) is 11.9 Å². The van der Waals surface area contributed by atoms with Crippen LogP contribution in [0.3, 0.4) is 0 Å². The fourth-order valence-corrected chi connectivity index (χ4v) is 3.18. The molecule has 1 aliphatic rings. The minimum Gasteiger partial charge on any atom is -0.493 e. The lowest BCUT2D eigenvalue weighted by Gasteiger charge is -2.16. The molecule has 0 amide bonds. The van der Waals surface area contributed by atoms with Gasteiger partial charge < -0.3 is 9.84 Å². The zero-order valence-corrected chi connectivity index (χ0v) is 16.0. The number of aromatic hydroxyl groups is 1. The van der Waals surface area contributed by atoms with Crippen molar-refractivity contribution in [2.45, 2.75) is 39.3 Å². The molecule has 0 radical (unpaired) electrons. The Morgan fingerprint density at radius 3 is 2.79 bits per heavy atom. The average molecular weight is 397 g/mol. The summed E-state index contributed by atoms with van der Waals surface area (Å²) in [7, 11) is 0. The first-order valence-corrected chi connectivity index (χ1v) is 8.98. The van der Waals surface area contributed by atoms with E-state index in [4.69, 9.17) is 4.74 Å². The summed E-state index contributed by atoms with van der Waals surface area (Å²) < 4.78 is 6.58. The molecule has 1 unspecified atom stereocenters. The van der Waals surface area contributed by atoms with Gasteiger partial charge in [-0.2, -0.15) is 10.4 Å². The van der Waals surface area contributed by atoms with Crippen LogP contribution in [0.25, 0.3) is 0 Å². The molecule has 2 heterocycles. The van der Waals surface area contributed by atoms with Crippen LogP contribution in [-0.2, 0) is 11.3 Å². The summed E-state index contributed by atoms with van der Waals surface area (Å²) in [5.74, 6) is -0.435. The third-order valence-corrected chi connectivity index (χ3v) is 4.83. The number of ether oxygens (including phenoxy) is 1. The normalized spacial score (nSPS) is 16.2. The van der Waals surface area contributed by atoms with Crippen molar-refractivity contribution >= 4 is 17.1 Å². The van der Waals surface area contributed by atoms with E-state index in [-0.39, 0.29) is 40.8 Å². The zero-order valence-electron chi connectivity index (χ0n) is 16.0. The highest BCUT2D eigenvalue weighted by Gasteiger charge is 2.23. The van der Waals surface area contributed by atoms with Crippen LogP contribution in [0.5, 0.6) is 5.88 Å². The van der Waals surface area contributed by atoms with Crippen LogP contribution in [0, 0.1) is 35.3 Å². The molecule has 1 aromatic carbocycles. The van der Waals surface area contributed by atoms with Gasteiger partial charge in [0.25, 0.3) is 11.2 Å². The molecular weight excluding hydrogens is 378 g/mol. The number of benzene rings is 1. The maximum atomic E-state index is 12.9. The van der Waals surface area contributed by atoms with Crippen molar-refractivity contribution in [1.29, 1.82) is 5.26 Å². The second-order valence-corrected chi connectivity index (χ2v) is 6.76. The number of aromatic nitrogens is 1. The molecule has 3 rings (SSSR count). The Labute approximate surface area is 165 Å². The number of azo groups is 1. The summed E-state index contributed by atoms with van der Waals surface area (Å²) in [5.41, 5.74) is -0.0629. The van der Waals surface area contributed by atoms with Crippen molar-refractivity contribution in [2.24, 2.45) is 10.2 Å². The fourth-order valence-electron chi connectivity index (χ4n) is 3.18. The third-order valence-electron chi connectivity index (χ3n) is 4.83. The van der Waals surface area contributed by atoms with E-state index in [9.17, 15) is 25.3 Å². The highest BCUT2D eigenvalue weighted by Crippen LogP contribution is 2.29. The van der Waals surface area contributed by atoms with Gasteiger partial charge in [-0.15, -0.1) is 5.11 Å². The van der Waals surface area contributed by atoms with E-state index in [0.29, 0.717) is 12.2 Å². The molecule has 0 spiro atoms. The second kappa shape index (κ2) is 8.20. The second-order valence-electron chi connectivity index (χ2n) is 6.76. The number of rotatable bonds is 5. The smallest absolute Gasteiger partial charge is 0.281 e. The monoisotopic (exact) mass is 397 g/mol. The van der Waals surface area contributed by atoms with Crippen LogP contribution in [0.2, 0.25) is 0 Å².